The summed E-state index contributed by atoms with van der Waals surface area (Å²) >= 11 is 6.28. The second kappa shape index (κ2) is 5.60. The van der Waals surface area contributed by atoms with Gasteiger partial charge in [-0.15, -0.1) is 0 Å². The van der Waals surface area contributed by atoms with Gasteiger partial charge in [0.15, 0.2) is 11.2 Å². The van der Waals surface area contributed by atoms with Gasteiger partial charge in [-0.1, -0.05) is 17.7 Å². The van der Waals surface area contributed by atoms with Gasteiger partial charge in [0.05, 0.1) is 5.69 Å². The molecule has 0 aliphatic rings. The lowest BCUT2D eigenvalue weighted by atomic mass is 10.2. The molecule has 3 aromatic heterocycles. The first-order valence-electron chi connectivity index (χ1n) is 8.31. The number of hydrogen-bond acceptors (Lipinski definition) is 3. The van der Waals surface area contributed by atoms with E-state index in [9.17, 15) is 9.59 Å². The van der Waals surface area contributed by atoms with Gasteiger partial charge in [-0.25, -0.2) is 4.79 Å². The second-order valence-corrected chi connectivity index (χ2v) is 6.79. The number of fused-ring (bicyclic) bond motifs is 3. The molecular weight excluding hydrogens is 354 g/mol. The third kappa shape index (κ3) is 2.10. The predicted octanol–water partition coefficient (Wildman–Crippen LogP) is 2.43. The van der Waals surface area contributed by atoms with E-state index in [0.29, 0.717) is 28.5 Å². The van der Waals surface area contributed by atoms with Crippen molar-refractivity contribution in [3.63, 3.8) is 0 Å². The van der Waals surface area contributed by atoms with Crippen LogP contribution in [-0.4, -0.2) is 23.1 Å². The zero-order chi connectivity index (χ0) is 18.7. The maximum atomic E-state index is 12.8. The number of aryl methyl sites for hydroxylation is 3. The van der Waals surface area contributed by atoms with Crippen molar-refractivity contribution in [2.45, 2.75) is 27.3 Å². The Morgan fingerprint density at radius 2 is 1.92 bits per heavy atom. The molecule has 0 unspecified atom stereocenters. The summed E-state index contributed by atoms with van der Waals surface area (Å²) in [7, 11) is 1.63. The van der Waals surface area contributed by atoms with Gasteiger partial charge in [0.1, 0.15) is 0 Å². The molecule has 134 valence electrons. The molecule has 3 heterocycles. The van der Waals surface area contributed by atoms with E-state index in [1.54, 1.807) is 18.4 Å². The fraction of sp³-hybridized carbons (Fsp3) is 0.278. The molecule has 0 saturated heterocycles. The summed E-state index contributed by atoms with van der Waals surface area (Å²) in [4.78, 5) is 29.8. The highest BCUT2D eigenvalue weighted by molar-refractivity contribution is 6.31. The second-order valence-electron chi connectivity index (χ2n) is 6.38. The molecule has 0 aliphatic heterocycles. The summed E-state index contributed by atoms with van der Waals surface area (Å²) < 4.78 is 6.29. The molecule has 0 spiro atoms. The Balaban J connectivity index is 2.16. The Labute approximate surface area is 153 Å². The number of nitrogens with zero attached hydrogens (tertiary/aromatic N) is 5. The van der Waals surface area contributed by atoms with Gasteiger partial charge in [0.2, 0.25) is 5.78 Å². The molecule has 8 heteroatoms. The largest absolute Gasteiger partial charge is 0.332 e. The smallest absolute Gasteiger partial charge is 0.283 e. The highest BCUT2D eigenvalue weighted by Gasteiger charge is 2.20. The van der Waals surface area contributed by atoms with E-state index in [4.69, 9.17) is 11.6 Å². The summed E-state index contributed by atoms with van der Waals surface area (Å²) in [5, 5.41) is 0.658. The van der Waals surface area contributed by atoms with Crippen LogP contribution >= 0.6 is 11.6 Å². The SMILES string of the molecule is CCn1c(=O)c2c(nc3n(-c4ccc(C)c(Cl)c4)c(C)cn23)n(C)c1=O. The number of hydrogen-bond donors (Lipinski definition) is 0. The minimum atomic E-state index is -0.368. The third-order valence-electron chi connectivity index (χ3n) is 4.76. The maximum Gasteiger partial charge on any atom is 0.332 e. The van der Waals surface area contributed by atoms with E-state index < -0.39 is 0 Å². The van der Waals surface area contributed by atoms with Crippen LogP contribution in [0.1, 0.15) is 18.2 Å². The topological polar surface area (TPSA) is 66.2 Å². The molecular formula is C18H18ClN5O2. The van der Waals surface area contributed by atoms with Crippen molar-refractivity contribution in [3.05, 3.63) is 61.5 Å². The molecule has 0 N–H and O–H groups in total. The normalized spacial score (nSPS) is 11.7. The lowest BCUT2D eigenvalue weighted by Gasteiger charge is -2.07. The molecule has 0 bridgehead atoms. The predicted molar refractivity (Wildman–Crippen MR) is 102 cm³/mol. The van der Waals surface area contributed by atoms with Crippen molar-refractivity contribution in [1.82, 2.24) is 23.1 Å². The first kappa shape index (κ1) is 16.7. The maximum absolute atomic E-state index is 12.8. The van der Waals surface area contributed by atoms with Crippen molar-refractivity contribution < 1.29 is 0 Å². The van der Waals surface area contributed by atoms with E-state index in [2.05, 4.69) is 4.98 Å². The van der Waals surface area contributed by atoms with Gasteiger partial charge in [0, 0.05) is 30.5 Å². The first-order valence-corrected chi connectivity index (χ1v) is 8.69. The van der Waals surface area contributed by atoms with Crippen LogP contribution in [0.2, 0.25) is 5.02 Å². The fourth-order valence-corrected chi connectivity index (χ4v) is 3.50. The Hall–Kier alpha value is -2.80. The Kier molecular flexibility index (Phi) is 3.59. The van der Waals surface area contributed by atoms with Gasteiger partial charge >= 0.3 is 5.69 Å². The number of benzene rings is 1. The summed E-state index contributed by atoms with van der Waals surface area (Å²) in [6, 6.07) is 5.76. The Bertz CT molecular complexity index is 1310. The number of rotatable bonds is 2. The molecule has 0 aliphatic carbocycles. The Morgan fingerprint density at radius 1 is 1.19 bits per heavy atom. The minimum absolute atomic E-state index is 0.307. The van der Waals surface area contributed by atoms with E-state index in [-0.39, 0.29) is 11.2 Å². The van der Waals surface area contributed by atoms with Gasteiger partial charge in [-0.05, 0) is 38.5 Å². The summed E-state index contributed by atoms with van der Waals surface area (Å²) in [5.41, 5.74) is 2.80. The molecule has 7 nitrogen and oxygen atoms in total. The van der Waals surface area contributed by atoms with Crippen molar-refractivity contribution in [1.29, 1.82) is 0 Å². The van der Waals surface area contributed by atoms with Crippen LogP contribution in [0.4, 0.5) is 0 Å². The molecule has 26 heavy (non-hydrogen) atoms. The lowest BCUT2D eigenvalue weighted by molar-refractivity contribution is 0.637. The van der Waals surface area contributed by atoms with Crippen LogP contribution in [0.25, 0.3) is 22.6 Å². The molecule has 0 amide bonds. The average Bonchev–Trinajstić information content (AvgIpc) is 3.10. The van der Waals surface area contributed by atoms with Crippen LogP contribution in [0.15, 0.2) is 34.0 Å². The van der Waals surface area contributed by atoms with E-state index in [0.717, 1.165) is 16.9 Å². The molecule has 0 fully saturated rings. The number of aromatic nitrogens is 5. The first-order chi connectivity index (χ1) is 12.3. The molecule has 0 radical (unpaired) electrons. The van der Waals surface area contributed by atoms with Crippen molar-refractivity contribution in [2.75, 3.05) is 0 Å². The van der Waals surface area contributed by atoms with Crippen LogP contribution < -0.4 is 11.2 Å². The molecule has 4 rings (SSSR count). The lowest BCUT2D eigenvalue weighted by Crippen LogP contribution is -2.38. The zero-order valence-electron chi connectivity index (χ0n) is 14.9. The van der Waals surface area contributed by atoms with Crippen LogP contribution in [0.5, 0.6) is 0 Å². The molecule has 1 aromatic carbocycles. The quantitative estimate of drug-likeness (QED) is 0.543. The average molecular weight is 372 g/mol. The van der Waals surface area contributed by atoms with E-state index >= 15 is 0 Å². The molecule has 0 saturated carbocycles. The van der Waals surface area contributed by atoms with Gasteiger partial charge < -0.3 is 0 Å². The zero-order valence-corrected chi connectivity index (χ0v) is 15.7. The number of imidazole rings is 2. The summed E-state index contributed by atoms with van der Waals surface area (Å²) in [5.74, 6) is 0.568. The van der Waals surface area contributed by atoms with Gasteiger partial charge in [-0.2, -0.15) is 4.98 Å². The van der Waals surface area contributed by atoms with Crippen LogP contribution in [-0.2, 0) is 13.6 Å². The van der Waals surface area contributed by atoms with Gasteiger partial charge in [-0.3, -0.25) is 22.9 Å². The number of halogens is 1. The van der Waals surface area contributed by atoms with E-state index in [1.165, 1.54) is 9.13 Å². The third-order valence-corrected chi connectivity index (χ3v) is 5.16. The minimum Gasteiger partial charge on any atom is -0.283 e. The highest BCUT2D eigenvalue weighted by atomic mass is 35.5. The van der Waals surface area contributed by atoms with Crippen molar-refractivity contribution >= 4 is 28.5 Å². The summed E-state index contributed by atoms with van der Waals surface area (Å²) in [6.45, 7) is 5.96. The fourth-order valence-electron chi connectivity index (χ4n) is 3.33. The van der Waals surface area contributed by atoms with Crippen LogP contribution in [0, 0.1) is 13.8 Å². The molecule has 4 aromatic rings. The van der Waals surface area contributed by atoms with Crippen molar-refractivity contribution in [2.24, 2.45) is 7.05 Å². The van der Waals surface area contributed by atoms with E-state index in [1.807, 2.05) is 42.8 Å². The van der Waals surface area contributed by atoms with Gasteiger partial charge in [0.25, 0.3) is 5.56 Å². The summed E-state index contributed by atoms with van der Waals surface area (Å²) in [6.07, 6.45) is 1.85. The van der Waals surface area contributed by atoms with Crippen LogP contribution in [0.3, 0.4) is 0 Å². The highest BCUT2D eigenvalue weighted by Crippen LogP contribution is 2.24. The standard InChI is InChI=1S/C18H18ClN5O2/c1-5-22-16(25)14-15(21(4)18(22)26)20-17-23(14)9-11(3)24(17)12-7-6-10(2)13(19)8-12/h6-9H,5H2,1-4H3. The molecule has 0 atom stereocenters. The van der Waals surface area contributed by atoms with Crippen molar-refractivity contribution in [3.8, 4) is 5.69 Å². The Morgan fingerprint density at radius 3 is 2.58 bits per heavy atom. The monoisotopic (exact) mass is 371 g/mol.